The molecule has 162 valence electrons. The smallest absolute Gasteiger partial charge is 0.309 e. The Morgan fingerprint density at radius 3 is 1.86 bits per heavy atom. The molecule has 0 spiro atoms. The highest BCUT2D eigenvalue weighted by atomic mass is 16.6. The van der Waals surface area contributed by atoms with Gasteiger partial charge in [0.25, 0.3) is 0 Å². The third-order valence-corrected chi connectivity index (χ3v) is 4.86. The Morgan fingerprint density at radius 1 is 0.821 bits per heavy atom. The Kier molecular flexibility index (Phi) is 12.5. The topological polar surface area (TPSA) is 97.4 Å². The fraction of sp³-hybridized carbons (Fsp3) is 0.850. The molecule has 8 heteroatoms. The third kappa shape index (κ3) is 9.01. The van der Waals surface area contributed by atoms with E-state index in [0.29, 0.717) is 39.1 Å². The van der Waals surface area contributed by atoms with Gasteiger partial charge in [0, 0.05) is 7.11 Å². The van der Waals surface area contributed by atoms with Crippen LogP contribution in [0.2, 0.25) is 0 Å². The van der Waals surface area contributed by atoms with E-state index in [1.807, 2.05) is 6.92 Å². The van der Waals surface area contributed by atoms with Crippen LogP contribution in [-0.4, -0.2) is 64.7 Å². The zero-order chi connectivity index (χ0) is 20.8. The molecule has 1 aliphatic carbocycles. The number of carbonyl (C=O) groups excluding carboxylic acids is 3. The molecule has 1 fully saturated rings. The monoisotopic (exact) mass is 402 g/mol. The predicted octanol–water partition coefficient (Wildman–Crippen LogP) is 2.13. The maximum Gasteiger partial charge on any atom is 0.309 e. The molecule has 0 aromatic carbocycles. The van der Waals surface area contributed by atoms with Crippen LogP contribution in [0.3, 0.4) is 0 Å². The SMILES string of the molecule is CCC(C)C(=O)OCCOC(=O)C1CCCCC1C(=O)OCCOCCOC. The zero-order valence-electron chi connectivity index (χ0n) is 17.3. The zero-order valence-corrected chi connectivity index (χ0v) is 17.3. The highest BCUT2D eigenvalue weighted by molar-refractivity contribution is 5.82. The van der Waals surface area contributed by atoms with Crippen LogP contribution in [0.25, 0.3) is 0 Å². The van der Waals surface area contributed by atoms with Crippen molar-refractivity contribution in [1.82, 2.24) is 0 Å². The van der Waals surface area contributed by atoms with Crippen molar-refractivity contribution in [3.8, 4) is 0 Å². The van der Waals surface area contributed by atoms with Gasteiger partial charge in [-0.1, -0.05) is 26.7 Å². The van der Waals surface area contributed by atoms with Crippen molar-refractivity contribution >= 4 is 17.9 Å². The average Bonchev–Trinajstić information content (AvgIpc) is 2.72. The lowest BCUT2D eigenvalue weighted by Gasteiger charge is -2.28. The lowest BCUT2D eigenvalue weighted by Crippen LogP contribution is -2.36. The fourth-order valence-electron chi connectivity index (χ4n) is 2.95. The van der Waals surface area contributed by atoms with Crippen molar-refractivity contribution in [3.63, 3.8) is 0 Å². The number of rotatable bonds is 13. The van der Waals surface area contributed by atoms with Crippen molar-refractivity contribution in [2.45, 2.75) is 46.0 Å². The normalized spacial score (nSPS) is 20.2. The van der Waals surface area contributed by atoms with E-state index in [1.54, 1.807) is 14.0 Å². The van der Waals surface area contributed by atoms with Gasteiger partial charge in [-0.15, -0.1) is 0 Å². The molecule has 3 atom stereocenters. The van der Waals surface area contributed by atoms with Gasteiger partial charge < -0.3 is 23.7 Å². The van der Waals surface area contributed by atoms with Crippen LogP contribution in [0.15, 0.2) is 0 Å². The number of hydrogen-bond acceptors (Lipinski definition) is 8. The first-order chi connectivity index (χ1) is 13.5. The Morgan fingerprint density at radius 2 is 1.32 bits per heavy atom. The van der Waals surface area contributed by atoms with E-state index < -0.39 is 17.8 Å². The first kappa shape index (κ1) is 24.4. The summed E-state index contributed by atoms with van der Waals surface area (Å²) in [6, 6.07) is 0. The van der Waals surface area contributed by atoms with Crippen molar-refractivity contribution in [3.05, 3.63) is 0 Å². The standard InChI is InChI=1S/C20H34O8/c1-4-15(2)18(21)26-13-14-28-20(23)17-8-6-5-7-16(17)19(22)27-12-11-25-10-9-24-3/h15-17H,4-14H2,1-3H3. The first-order valence-corrected chi connectivity index (χ1v) is 10.1. The minimum absolute atomic E-state index is 0.00733. The van der Waals surface area contributed by atoms with Crippen LogP contribution >= 0.6 is 0 Å². The number of ether oxygens (including phenoxy) is 5. The third-order valence-electron chi connectivity index (χ3n) is 4.86. The van der Waals surface area contributed by atoms with Crippen molar-refractivity contribution < 1.29 is 38.1 Å². The maximum absolute atomic E-state index is 12.4. The Bertz CT molecular complexity index is 479. The van der Waals surface area contributed by atoms with E-state index in [9.17, 15) is 14.4 Å². The molecule has 28 heavy (non-hydrogen) atoms. The Hall–Kier alpha value is -1.67. The summed E-state index contributed by atoms with van der Waals surface area (Å²) < 4.78 is 25.7. The van der Waals surface area contributed by atoms with E-state index in [2.05, 4.69) is 0 Å². The minimum Gasteiger partial charge on any atom is -0.463 e. The lowest BCUT2D eigenvalue weighted by atomic mass is 9.79. The second-order valence-corrected chi connectivity index (χ2v) is 6.91. The molecular weight excluding hydrogens is 368 g/mol. The summed E-state index contributed by atoms with van der Waals surface area (Å²) in [5, 5.41) is 0. The molecule has 0 aliphatic heterocycles. The van der Waals surface area contributed by atoms with E-state index in [1.165, 1.54) is 0 Å². The van der Waals surface area contributed by atoms with Crippen LogP contribution in [0, 0.1) is 17.8 Å². The molecule has 0 N–H and O–H groups in total. The number of carbonyl (C=O) groups is 3. The minimum atomic E-state index is -0.513. The molecule has 3 unspecified atom stereocenters. The van der Waals surface area contributed by atoms with Gasteiger partial charge in [-0.05, 0) is 19.3 Å². The number of methoxy groups -OCH3 is 1. The van der Waals surface area contributed by atoms with Gasteiger partial charge in [-0.3, -0.25) is 14.4 Å². The second kappa shape index (κ2) is 14.3. The Balaban J connectivity index is 2.34. The van der Waals surface area contributed by atoms with E-state index in [0.717, 1.165) is 12.8 Å². The van der Waals surface area contributed by atoms with Gasteiger partial charge in [0.2, 0.25) is 0 Å². The van der Waals surface area contributed by atoms with Gasteiger partial charge in [0.1, 0.15) is 19.8 Å². The Labute approximate surface area is 167 Å². The van der Waals surface area contributed by atoms with Gasteiger partial charge in [-0.25, -0.2) is 0 Å². The average molecular weight is 402 g/mol. The van der Waals surface area contributed by atoms with Crippen molar-refractivity contribution in [1.29, 1.82) is 0 Å². The summed E-state index contributed by atoms with van der Waals surface area (Å²) >= 11 is 0. The summed E-state index contributed by atoms with van der Waals surface area (Å²) in [6.07, 6.45) is 3.64. The predicted molar refractivity (Wildman–Crippen MR) is 100 cm³/mol. The van der Waals surface area contributed by atoms with Gasteiger partial charge in [0.05, 0.1) is 37.6 Å². The number of hydrogen-bond donors (Lipinski definition) is 0. The highest BCUT2D eigenvalue weighted by Gasteiger charge is 2.37. The highest BCUT2D eigenvalue weighted by Crippen LogP contribution is 2.32. The molecular formula is C20H34O8. The van der Waals surface area contributed by atoms with Gasteiger partial charge >= 0.3 is 17.9 Å². The molecule has 8 nitrogen and oxygen atoms in total. The molecule has 0 amide bonds. The van der Waals surface area contributed by atoms with Gasteiger partial charge in [0.15, 0.2) is 0 Å². The lowest BCUT2D eigenvalue weighted by molar-refractivity contribution is -0.165. The van der Waals surface area contributed by atoms with Crippen LogP contribution < -0.4 is 0 Å². The molecule has 1 saturated carbocycles. The van der Waals surface area contributed by atoms with Crippen LogP contribution in [0.4, 0.5) is 0 Å². The maximum atomic E-state index is 12.4. The fourth-order valence-corrected chi connectivity index (χ4v) is 2.95. The largest absolute Gasteiger partial charge is 0.463 e. The first-order valence-electron chi connectivity index (χ1n) is 10.1. The summed E-state index contributed by atoms with van der Waals surface area (Å²) in [6.45, 7) is 5.06. The van der Waals surface area contributed by atoms with Crippen LogP contribution in [-0.2, 0) is 38.1 Å². The van der Waals surface area contributed by atoms with E-state index >= 15 is 0 Å². The summed E-state index contributed by atoms with van der Waals surface area (Å²) in [4.78, 5) is 36.3. The molecule has 0 radical (unpaired) electrons. The quantitative estimate of drug-likeness (QED) is 0.263. The van der Waals surface area contributed by atoms with Crippen molar-refractivity contribution in [2.75, 3.05) is 46.8 Å². The summed E-state index contributed by atoms with van der Waals surface area (Å²) in [7, 11) is 1.58. The molecule has 0 heterocycles. The molecule has 0 aromatic heterocycles. The van der Waals surface area contributed by atoms with Crippen molar-refractivity contribution in [2.24, 2.45) is 17.8 Å². The molecule has 0 bridgehead atoms. The second-order valence-electron chi connectivity index (χ2n) is 6.91. The summed E-state index contributed by atoms with van der Waals surface area (Å²) in [5.41, 5.74) is 0. The molecule has 0 saturated heterocycles. The van der Waals surface area contributed by atoms with E-state index in [4.69, 9.17) is 23.7 Å². The van der Waals surface area contributed by atoms with Gasteiger partial charge in [-0.2, -0.15) is 0 Å². The van der Waals surface area contributed by atoms with Crippen LogP contribution in [0.1, 0.15) is 46.0 Å². The number of esters is 3. The van der Waals surface area contributed by atoms with E-state index in [-0.39, 0.29) is 37.7 Å². The molecule has 1 rings (SSSR count). The molecule has 0 aromatic rings. The summed E-state index contributed by atoms with van der Waals surface area (Å²) in [5.74, 6) is -2.31. The molecule has 1 aliphatic rings. The van der Waals surface area contributed by atoms with Crippen LogP contribution in [0.5, 0.6) is 0 Å².